The highest BCUT2D eigenvalue weighted by molar-refractivity contribution is 7.15. The van der Waals surface area contributed by atoms with Gasteiger partial charge in [-0.2, -0.15) is 0 Å². The molecule has 0 aliphatic carbocycles. The van der Waals surface area contributed by atoms with Crippen molar-refractivity contribution in [1.82, 2.24) is 14.7 Å². The van der Waals surface area contributed by atoms with E-state index in [4.69, 9.17) is 0 Å². The molecule has 0 aliphatic rings. The van der Waals surface area contributed by atoms with E-state index in [0.29, 0.717) is 4.96 Å². The Morgan fingerprint density at radius 3 is 2.71 bits per heavy atom. The summed E-state index contributed by atoms with van der Waals surface area (Å²) in [6.07, 6.45) is 2.17. The first-order chi connectivity index (χ1) is 11.5. The van der Waals surface area contributed by atoms with Crippen LogP contribution in [0.5, 0.6) is 0 Å². The SMILES string of the molecule is CCC(C)NC(=O)c1cnc2scc(-c3ccc(C)cc3)n2c1=O. The van der Waals surface area contributed by atoms with Crippen molar-refractivity contribution >= 4 is 22.2 Å². The maximum Gasteiger partial charge on any atom is 0.271 e. The van der Waals surface area contributed by atoms with Gasteiger partial charge >= 0.3 is 0 Å². The number of aromatic nitrogens is 2. The predicted molar refractivity (Wildman–Crippen MR) is 96.7 cm³/mol. The zero-order chi connectivity index (χ0) is 17.3. The zero-order valence-electron chi connectivity index (χ0n) is 13.9. The van der Waals surface area contributed by atoms with Crippen LogP contribution in [0.1, 0.15) is 36.2 Å². The van der Waals surface area contributed by atoms with Crippen molar-refractivity contribution in [2.45, 2.75) is 33.2 Å². The molecule has 0 saturated heterocycles. The molecule has 0 saturated carbocycles. The second kappa shape index (κ2) is 6.57. The average molecular weight is 341 g/mol. The lowest BCUT2D eigenvalue weighted by Crippen LogP contribution is -2.36. The molecule has 3 rings (SSSR count). The summed E-state index contributed by atoms with van der Waals surface area (Å²) in [6, 6.07) is 7.94. The number of rotatable bonds is 4. The van der Waals surface area contributed by atoms with Crippen LogP contribution < -0.4 is 10.9 Å². The first-order valence-electron chi connectivity index (χ1n) is 7.88. The second-order valence-electron chi connectivity index (χ2n) is 5.86. The lowest BCUT2D eigenvalue weighted by molar-refractivity contribution is 0.0937. The van der Waals surface area contributed by atoms with Crippen molar-refractivity contribution in [1.29, 1.82) is 0 Å². The van der Waals surface area contributed by atoms with Crippen LogP contribution >= 0.6 is 11.3 Å². The average Bonchev–Trinajstić information content (AvgIpc) is 3.00. The van der Waals surface area contributed by atoms with Crippen molar-refractivity contribution in [3.05, 3.63) is 57.3 Å². The van der Waals surface area contributed by atoms with E-state index in [1.54, 1.807) is 0 Å². The Balaban J connectivity index is 2.11. The number of carbonyl (C=O) groups excluding carboxylic acids is 1. The van der Waals surface area contributed by atoms with Crippen molar-refractivity contribution in [2.75, 3.05) is 0 Å². The predicted octanol–water partition coefficient (Wildman–Crippen LogP) is 3.26. The summed E-state index contributed by atoms with van der Waals surface area (Å²) < 4.78 is 1.51. The van der Waals surface area contributed by atoms with Gasteiger partial charge in [0.15, 0.2) is 4.96 Å². The largest absolute Gasteiger partial charge is 0.349 e. The minimum atomic E-state index is -0.377. The molecule has 1 atom stereocenters. The van der Waals surface area contributed by atoms with E-state index < -0.39 is 0 Å². The van der Waals surface area contributed by atoms with Gasteiger partial charge in [0, 0.05) is 17.6 Å². The highest BCUT2D eigenvalue weighted by Gasteiger charge is 2.17. The van der Waals surface area contributed by atoms with Gasteiger partial charge in [-0.1, -0.05) is 36.8 Å². The van der Waals surface area contributed by atoms with Gasteiger partial charge < -0.3 is 5.32 Å². The number of nitrogens with one attached hydrogen (secondary N) is 1. The van der Waals surface area contributed by atoms with Crippen LogP contribution in [0.25, 0.3) is 16.2 Å². The van der Waals surface area contributed by atoms with Crippen molar-refractivity contribution in [3.63, 3.8) is 0 Å². The van der Waals surface area contributed by atoms with Gasteiger partial charge in [0.1, 0.15) is 5.56 Å². The summed E-state index contributed by atoms with van der Waals surface area (Å²) >= 11 is 1.39. The molecule has 3 aromatic rings. The summed E-state index contributed by atoms with van der Waals surface area (Å²) in [5.41, 5.74) is 2.57. The number of hydrogen-bond acceptors (Lipinski definition) is 4. The fourth-order valence-corrected chi connectivity index (χ4v) is 3.24. The molecule has 0 fully saturated rings. The van der Waals surface area contributed by atoms with E-state index in [1.165, 1.54) is 21.9 Å². The third-order valence-electron chi connectivity index (χ3n) is 4.03. The quantitative estimate of drug-likeness (QED) is 0.792. The van der Waals surface area contributed by atoms with Crippen molar-refractivity contribution < 1.29 is 4.79 Å². The van der Waals surface area contributed by atoms with Crippen molar-refractivity contribution in [3.8, 4) is 11.3 Å². The topological polar surface area (TPSA) is 63.5 Å². The number of thiazole rings is 1. The molecule has 0 radical (unpaired) electrons. The maximum atomic E-state index is 12.8. The molecule has 124 valence electrons. The van der Waals surface area contributed by atoms with Gasteiger partial charge in [-0.25, -0.2) is 4.98 Å². The van der Waals surface area contributed by atoms with E-state index in [9.17, 15) is 9.59 Å². The molecule has 2 heterocycles. The normalized spacial score (nSPS) is 12.3. The molecule has 0 bridgehead atoms. The van der Waals surface area contributed by atoms with Crippen LogP contribution in [0.15, 0.2) is 40.6 Å². The van der Waals surface area contributed by atoms with E-state index >= 15 is 0 Å². The lowest BCUT2D eigenvalue weighted by Gasteiger charge is -2.11. The number of benzene rings is 1. The number of hydrogen-bond donors (Lipinski definition) is 1. The summed E-state index contributed by atoms with van der Waals surface area (Å²) in [6.45, 7) is 5.90. The number of aryl methyl sites for hydroxylation is 1. The molecular weight excluding hydrogens is 322 g/mol. The number of nitrogens with zero attached hydrogens (tertiary/aromatic N) is 2. The van der Waals surface area contributed by atoms with E-state index in [1.807, 2.05) is 50.4 Å². The monoisotopic (exact) mass is 341 g/mol. The summed E-state index contributed by atoms with van der Waals surface area (Å²) in [7, 11) is 0. The Bertz CT molecular complexity index is 941. The Morgan fingerprint density at radius 1 is 1.33 bits per heavy atom. The van der Waals surface area contributed by atoms with E-state index in [0.717, 1.165) is 23.2 Å². The minimum Gasteiger partial charge on any atom is -0.349 e. The number of amides is 1. The number of carbonyl (C=O) groups is 1. The molecule has 1 amide bonds. The summed E-state index contributed by atoms with van der Waals surface area (Å²) in [5.74, 6) is -0.377. The molecule has 0 aliphatic heterocycles. The van der Waals surface area contributed by atoms with Gasteiger partial charge in [-0.15, -0.1) is 11.3 Å². The molecule has 1 N–H and O–H groups in total. The smallest absolute Gasteiger partial charge is 0.271 e. The maximum absolute atomic E-state index is 12.8. The van der Waals surface area contributed by atoms with Gasteiger partial charge in [0.25, 0.3) is 11.5 Å². The van der Waals surface area contributed by atoms with Crippen LogP contribution in [0.3, 0.4) is 0 Å². The lowest BCUT2D eigenvalue weighted by atomic mass is 10.1. The van der Waals surface area contributed by atoms with Crippen LogP contribution in [-0.2, 0) is 0 Å². The Labute approximate surface area is 144 Å². The first kappa shape index (κ1) is 16.4. The molecule has 6 heteroatoms. The molecule has 2 aromatic heterocycles. The molecule has 0 spiro atoms. The molecule has 24 heavy (non-hydrogen) atoms. The van der Waals surface area contributed by atoms with Crippen LogP contribution in [0, 0.1) is 6.92 Å². The summed E-state index contributed by atoms with van der Waals surface area (Å²) in [5, 5.41) is 4.71. The van der Waals surface area contributed by atoms with E-state index in [2.05, 4.69) is 10.3 Å². The Hall–Kier alpha value is -2.47. The second-order valence-corrected chi connectivity index (χ2v) is 6.70. The Morgan fingerprint density at radius 2 is 2.04 bits per heavy atom. The number of fused-ring (bicyclic) bond motifs is 1. The van der Waals surface area contributed by atoms with Crippen LogP contribution in [0.4, 0.5) is 0 Å². The molecule has 5 nitrogen and oxygen atoms in total. The Kier molecular flexibility index (Phi) is 4.49. The van der Waals surface area contributed by atoms with Crippen LogP contribution in [0.2, 0.25) is 0 Å². The van der Waals surface area contributed by atoms with Gasteiger partial charge in [-0.05, 0) is 25.8 Å². The highest BCUT2D eigenvalue weighted by atomic mass is 32.1. The van der Waals surface area contributed by atoms with Gasteiger partial charge in [0.2, 0.25) is 0 Å². The fourth-order valence-electron chi connectivity index (χ4n) is 2.38. The fraction of sp³-hybridized carbons (Fsp3) is 0.278. The minimum absolute atomic E-state index is 0.0108. The molecule has 1 aromatic carbocycles. The molecular formula is C18H19N3O2S. The third-order valence-corrected chi connectivity index (χ3v) is 4.87. The van der Waals surface area contributed by atoms with Crippen LogP contribution in [-0.4, -0.2) is 21.3 Å². The third kappa shape index (κ3) is 2.97. The van der Waals surface area contributed by atoms with Crippen molar-refractivity contribution in [2.24, 2.45) is 0 Å². The first-order valence-corrected chi connectivity index (χ1v) is 8.76. The standard InChI is InChI=1S/C18H19N3O2S/c1-4-12(3)20-16(22)14-9-19-18-21(17(14)23)15(10-24-18)13-7-5-11(2)6-8-13/h5-10,12H,4H2,1-3H3,(H,20,22). The summed E-state index contributed by atoms with van der Waals surface area (Å²) in [4.78, 5) is 30.0. The zero-order valence-corrected chi connectivity index (χ0v) is 14.7. The van der Waals surface area contributed by atoms with E-state index in [-0.39, 0.29) is 23.1 Å². The van der Waals surface area contributed by atoms with Gasteiger partial charge in [0.05, 0.1) is 5.69 Å². The van der Waals surface area contributed by atoms with Gasteiger partial charge in [-0.3, -0.25) is 14.0 Å². The molecule has 1 unspecified atom stereocenters. The highest BCUT2D eigenvalue weighted by Crippen LogP contribution is 2.24.